The van der Waals surface area contributed by atoms with Gasteiger partial charge in [0.15, 0.2) is 11.5 Å². The second-order valence-electron chi connectivity index (χ2n) is 8.75. The van der Waals surface area contributed by atoms with E-state index in [1.54, 1.807) is 61.7 Å². The van der Waals surface area contributed by atoms with Gasteiger partial charge in [0.25, 0.3) is 5.91 Å². The van der Waals surface area contributed by atoms with Crippen LogP contribution in [-0.2, 0) is 0 Å². The maximum absolute atomic E-state index is 13.3. The second-order valence-corrected chi connectivity index (χ2v) is 9.56. The summed E-state index contributed by atoms with van der Waals surface area (Å²) in [7, 11) is 3.03. The lowest BCUT2D eigenvalue weighted by molar-refractivity contribution is 0.0729. The molecule has 0 unspecified atom stereocenters. The van der Waals surface area contributed by atoms with Gasteiger partial charge < -0.3 is 19.2 Å². The van der Waals surface area contributed by atoms with E-state index in [-0.39, 0.29) is 22.0 Å². The summed E-state index contributed by atoms with van der Waals surface area (Å²) in [5, 5.41) is 5.67. The molecule has 41 heavy (non-hydrogen) atoms. The number of aromatic amines is 1. The third kappa shape index (κ3) is 5.89. The lowest BCUT2D eigenvalue weighted by atomic mass is 10.0. The van der Waals surface area contributed by atoms with Crippen molar-refractivity contribution in [3.05, 3.63) is 112 Å². The Morgan fingerprint density at radius 1 is 0.854 bits per heavy atom. The first-order valence-corrected chi connectivity index (χ1v) is 13.1. The molecule has 0 saturated heterocycles. The van der Waals surface area contributed by atoms with Gasteiger partial charge in [0.05, 0.1) is 31.0 Å². The topological polar surface area (TPSA) is 102 Å². The van der Waals surface area contributed by atoms with Crippen molar-refractivity contribution < 1.29 is 23.8 Å². The number of aromatic nitrogens is 1. The summed E-state index contributed by atoms with van der Waals surface area (Å²) in [6, 6.07) is 24.2. The fourth-order valence-electron chi connectivity index (χ4n) is 4.26. The number of ether oxygens (including phenoxy) is 3. The number of nitrogens with zero attached hydrogens (tertiary/aromatic N) is 1. The van der Waals surface area contributed by atoms with Crippen molar-refractivity contribution in [2.45, 2.75) is 0 Å². The minimum atomic E-state index is -0.618. The van der Waals surface area contributed by atoms with Crippen molar-refractivity contribution >= 4 is 52.2 Å². The van der Waals surface area contributed by atoms with Crippen LogP contribution < -0.4 is 19.6 Å². The number of fused-ring (bicyclic) bond motifs is 1. The normalized spacial score (nSPS) is 11.0. The van der Waals surface area contributed by atoms with Crippen molar-refractivity contribution in [1.82, 2.24) is 10.4 Å². The number of esters is 1. The van der Waals surface area contributed by atoms with Crippen LogP contribution in [0.15, 0.2) is 90.0 Å². The number of hydrogen-bond donors (Lipinski definition) is 2. The van der Waals surface area contributed by atoms with E-state index >= 15 is 0 Å². The third-order valence-electron chi connectivity index (χ3n) is 6.24. The number of halogens is 2. The van der Waals surface area contributed by atoms with Gasteiger partial charge in [-0.1, -0.05) is 53.5 Å². The molecule has 1 heterocycles. The molecule has 206 valence electrons. The Hall–Kier alpha value is -4.79. The molecule has 0 atom stereocenters. The lowest BCUT2D eigenvalue weighted by Gasteiger charge is -2.10. The molecule has 0 aliphatic heterocycles. The minimum Gasteiger partial charge on any atom is -0.497 e. The van der Waals surface area contributed by atoms with Crippen LogP contribution in [-0.4, -0.2) is 37.3 Å². The zero-order valence-corrected chi connectivity index (χ0v) is 23.4. The molecule has 0 spiro atoms. The van der Waals surface area contributed by atoms with E-state index in [0.717, 1.165) is 10.9 Å². The van der Waals surface area contributed by atoms with E-state index in [2.05, 4.69) is 15.5 Å². The van der Waals surface area contributed by atoms with Crippen LogP contribution >= 0.6 is 23.2 Å². The van der Waals surface area contributed by atoms with Gasteiger partial charge in [-0.2, -0.15) is 5.10 Å². The second kappa shape index (κ2) is 12.2. The predicted molar refractivity (Wildman–Crippen MR) is 160 cm³/mol. The van der Waals surface area contributed by atoms with E-state index in [1.807, 2.05) is 30.3 Å². The van der Waals surface area contributed by atoms with Crippen LogP contribution in [0, 0.1) is 0 Å². The lowest BCUT2D eigenvalue weighted by Crippen LogP contribution is -2.19. The highest BCUT2D eigenvalue weighted by Crippen LogP contribution is 2.38. The molecule has 0 saturated carbocycles. The van der Waals surface area contributed by atoms with Crippen molar-refractivity contribution in [2.24, 2.45) is 5.10 Å². The fourth-order valence-corrected chi connectivity index (χ4v) is 4.71. The van der Waals surface area contributed by atoms with Gasteiger partial charge in [0.2, 0.25) is 0 Å². The molecule has 1 aromatic heterocycles. The number of benzene rings is 4. The largest absolute Gasteiger partial charge is 0.497 e. The molecule has 0 aliphatic rings. The number of carbonyl (C=O) groups excluding carboxylic acids is 2. The van der Waals surface area contributed by atoms with E-state index in [0.29, 0.717) is 33.2 Å². The van der Waals surface area contributed by atoms with E-state index in [9.17, 15) is 9.59 Å². The van der Waals surface area contributed by atoms with Crippen LogP contribution in [0.1, 0.15) is 26.4 Å². The zero-order valence-electron chi connectivity index (χ0n) is 21.9. The average Bonchev–Trinajstić information content (AvgIpc) is 3.36. The summed E-state index contributed by atoms with van der Waals surface area (Å²) in [4.78, 5) is 29.0. The van der Waals surface area contributed by atoms with Crippen molar-refractivity contribution in [3.8, 4) is 28.4 Å². The van der Waals surface area contributed by atoms with Gasteiger partial charge in [-0.3, -0.25) is 4.79 Å². The third-order valence-corrected chi connectivity index (χ3v) is 6.90. The van der Waals surface area contributed by atoms with Gasteiger partial charge in [-0.15, -0.1) is 0 Å². The SMILES string of the molecule is COc1ccc2[nH]c(C(=O)NN=Cc3ccc(OC(=O)c4ccccc4Cl)c(OC)c3)c(-c3ccccc3Cl)c2c1. The van der Waals surface area contributed by atoms with Crippen molar-refractivity contribution in [3.63, 3.8) is 0 Å². The predicted octanol–water partition coefficient (Wildman–Crippen LogP) is 7.14. The number of rotatable bonds is 8. The van der Waals surface area contributed by atoms with Gasteiger partial charge in [0.1, 0.15) is 11.4 Å². The fraction of sp³-hybridized carbons (Fsp3) is 0.0645. The highest BCUT2D eigenvalue weighted by Gasteiger charge is 2.21. The van der Waals surface area contributed by atoms with Gasteiger partial charge in [0, 0.05) is 27.1 Å². The number of carbonyl (C=O) groups is 2. The zero-order chi connectivity index (χ0) is 28.9. The minimum absolute atomic E-state index is 0.205. The van der Waals surface area contributed by atoms with E-state index in [4.69, 9.17) is 37.4 Å². The molecule has 0 fully saturated rings. The molecule has 0 bridgehead atoms. The van der Waals surface area contributed by atoms with Crippen molar-refractivity contribution in [1.29, 1.82) is 0 Å². The molecule has 0 aliphatic carbocycles. The van der Waals surface area contributed by atoms with Crippen LogP contribution in [0.4, 0.5) is 0 Å². The summed E-state index contributed by atoms with van der Waals surface area (Å²) < 4.78 is 16.3. The Labute approximate surface area is 245 Å². The van der Waals surface area contributed by atoms with Crippen LogP contribution in [0.2, 0.25) is 10.0 Å². The van der Waals surface area contributed by atoms with Gasteiger partial charge in [-0.25, -0.2) is 10.2 Å². The highest BCUT2D eigenvalue weighted by molar-refractivity contribution is 6.34. The average molecular weight is 588 g/mol. The van der Waals surface area contributed by atoms with E-state index in [1.165, 1.54) is 13.3 Å². The first-order valence-electron chi connectivity index (χ1n) is 12.3. The highest BCUT2D eigenvalue weighted by atomic mass is 35.5. The molecular weight excluding hydrogens is 565 g/mol. The molecule has 5 aromatic rings. The Morgan fingerprint density at radius 3 is 2.34 bits per heavy atom. The molecule has 1 amide bonds. The molecule has 0 radical (unpaired) electrons. The number of nitrogens with one attached hydrogen (secondary N) is 2. The van der Waals surface area contributed by atoms with Crippen LogP contribution in [0.5, 0.6) is 17.2 Å². The summed E-state index contributed by atoms with van der Waals surface area (Å²) in [5.41, 5.74) is 5.73. The molecule has 2 N–H and O–H groups in total. The number of methoxy groups -OCH3 is 2. The maximum atomic E-state index is 13.3. The molecular formula is C31H23Cl2N3O5. The Bertz CT molecular complexity index is 1800. The van der Waals surface area contributed by atoms with Gasteiger partial charge in [-0.05, 0) is 60.2 Å². The monoisotopic (exact) mass is 587 g/mol. The standard InChI is InChI=1S/C31H23Cl2N3O5/c1-39-19-12-13-25-22(16-19)28(20-7-3-5-9-23(20)32)29(35-25)30(37)36-34-17-18-11-14-26(27(15-18)40-2)41-31(38)21-8-4-6-10-24(21)33/h3-17,35H,1-2H3,(H,36,37). The molecule has 10 heteroatoms. The van der Waals surface area contributed by atoms with Crippen LogP contribution in [0.3, 0.4) is 0 Å². The Balaban J connectivity index is 1.38. The molecule has 4 aromatic carbocycles. The molecule has 5 rings (SSSR count). The number of hydrogen-bond acceptors (Lipinski definition) is 6. The first-order chi connectivity index (χ1) is 19.9. The Morgan fingerprint density at radius 2 is 1.61 bits per heavy atom. The van der Waals surface area contributed by atoms with E-state index < -0.39 is 11.9 Å². The first kappa shape index (κ1) is 27.8. The quantitative estimate of drug-likeness (QED) is 0.0869. The summed E-state index contributed by atoms with van der Waals surface area (Å²) in [6.45, 7) is 0. The number of H-pyrrole nitrogens is 1. The smallest absolute Gasteiger partial charge is 0.345 e. The maximum Gasteiger partial charge on any atom is 0.345 e. The van der Waals surface area contributed by atoms with Crippen molar-refractivity contribution in [2.75, 3.05) is 14.2 Å². The Kier molecular flexibility index (Phi) is 8.24. The molecule has 8 nitrogen and oxygen atoms in total. The summed E-state index contributed by atoms with van der Waals surface area (Å²) >= 11 is 12.6. The number of amides is 1. The van der Waals surface area contributed by atoms with Gasteiger partial charge >= 0.3 is 5.97 Å². The summed E-state index contributed by atoms with van der Waals surface area (Å²) in [6.07, 6.45) is 1.45. The summed E-state index contributed by atoms with van der Waals surface area (Å²) in [5.74, 6) is 0.0592. The number of hydrazone groups is 1. The van der Waals surface area contributed by atoms with Crippen LogP contribution in [0.25, 0.3) is 22.0 Å².